The molecule has 0 saturated heterocycles. The Labute approximate surface area is 164 Å². The summed E-state index contributed by atoms with van der Waals surface area (Å²) in [6.45, 7) is 1.25. The Kier molecular flexibility index (Phi) is 6.39. The Bertz CT molecular complexity index is 867. The summed E-state index contributed by atoms with van der Waals surface area (Å²) in [6, 6.07) is 21.2. The minimum absolute atomic E-state index is 0.228. The quantitative estimate of drug-likeness (QED) is 0.678. The van der Waals surface area contributed by atoms with Gasteiger partial charge in [-0.3, -0.25) is 4.79 Å². The molecule has 0 aliphatic heterocycles. The number of nitrogens with zero attached hydrogens (tertiary/aromatic N) is 3. The Morgan fingerprint density at radius 3 is 2.37 bits per heavy atom. The van der Waals surface area contributed by atoms with Gasteiger partial charge in [-0.15, -0.1) is 10.2 Å². The molecule has 0 bridgehead atoms. The zero-order valence-electron chi connectivity index (χ0n) is 15.1. The largest absolute Gasteiger partial charge is 0.354 e. The molecule has 0 aliphatic rings. The maximum Gasteiger partial charge on any atom is 0.271 e. The molecule has 2 aromatic carbocycles. The molecule has 1 aromatic heterocycles. The van der Waals surface area contributed by atoms with E-state index in [4.69, 9.17) is 11.6 Å². The second kappa shape index (κ2) is 9.14. The molecule has 0 radical (unpaired) electrons. The van der Waals surface area contributed by atoms with E-state index in [2.05, 4.69) is 27.6 Å². The van der Waals surface area contributed by atoms with Gasteiger partial charge in [0, 0.05) is 25.2 Å². The molecular weight excluding hydrogens is 360 g/mol. The van der Waals surface area contributed by atoms with E-state index in [-0.39, 0.29) is 5.91 Å². The first-order chi connectivity index (χ1) is 13.1. The molecule has 1 heterocycles. The molecule has 0 aliphatic carbocycles. The summed E-state index contributed by atoms with van der Waals surface area (Å²) in [5, 5.41) is 11.8. The van der Waals surface area contributed by atoms with Crippen LogP contribution in [0.25, 0.3) is 0 Å². The van der Waals surface area contributed by atoms with Crippen LogP contribution in [-0.4, -0.2) is 29.7 Å². The Morgan fingerprint density at radius 1 is 0.963 bits per heavy atom. The zero-order chi connectivity index (χ0) is 19.1. The van der Waals surface area contributed by atoms with Crippen LogP contribution in [0.15, 0.2) is 66.7 Å². The molecular formula is C21H21ClN4O. The lowest BCUT2D eigenvalue weighted by Crippen LogP contribution is -2.27. The van der Waals surface area contributed by atoms with Gasteiger partial charge in [0.2, 0.25) is 0 Å². The first-order valence-corrected chi connectivity index (χ1v) is 9.11. The van der Waals surface area contributed by atoms with Gasteiger partial charge < -0.3 is 10.2 Å². The SMILES string of the molecule is CN(Cc1ccccc1)c1ccc(C(=O)NCCc2ccc(Cl)cc2)nn1. The fourth-order valence-corrected chi connectivity index (χ4v) is 2.78. The molecule has 3 rings (SSSR count). The van der Waals surface area contributed by atoms with Gasteiger partial charge in [0.25, 0.3) is 5.91 Å². The zero-order valence-corrected chi connectivity index (χ0v) is 15.9. The van der Waals surface area contributed by atoms with E-state index in [9.17, 15) is 4.79 Å². The summed E-state index contributed by atoms with van der Waals surface area (Å²) in [5.74, 6) is 0.491. The lowest BCUT2D eigenvalue weighted by atomic mass is 10.1. The van der Waals surface area contributed by atoms with Crippen molar-refractivity contribution in [2.75, 3.05) is 18.5 Å². The van der Waals surface area contributed by atoms with Crippen LogP contribution < -0.4 is 10.2 Å². The monoisotopic (exact) mass is 380 g/mol. The van der Waals surface area contributed by atoms with Gasteiger partial charge >= 0.3 is 0 Å². The number of hydrogen-bond acceptors (Lipinski definition) is 4. The number of hydrogen-bond donors (Lipinski definition) is 1. The van der Waals surface area contributed by atoms with Gasteiger partial charge in [-0.1, -0.05) is 54.1 Å². The predicted octanol–water partition coefficient (Wildman–Crippen LogP) is 3.74. The van der Waals surface area contributed by atoms with E-state index in [1.165, 1.54) is 5.56 Å². The lowest BCUT2D eigenvalue weighted by Gasteiger charge is -2.17. The van der Waals surface area contributed by atoms with Gasteiger partial charge in [-0.25, -0.2) is 0 Å². The summed E-state index contributed by atoms with van der Waals surface area (Å²) >= 11 is 5.87. The van der Waals surface area contributed by atoms with Gasteiger partial charge in [0.15, 0.2) is 11.5 Å². The Hall–Kier alpha value is -2.92. The number of carbonyl (C=O) groups is 1. The Balaban J connectivity index is 1.51. The fraction of sp³-hybridized carbons (Fsp3) is 0.190. The van der Waals surface area contributed by atoms with Crippen molar-refractivity contribution in [3.05, 3.63) is 88.6 Å². The third-order valence-corrected chi connectivity index (χ3v) is 4.40. The summed E-state index contributed by atoms with van der Waals surface area (Å²) in [7, 11) is 1.95. The van der Waals surface area contributed by atoms with E-state index >= 15 is 0 Å². The minimum Gasteiger partial charge on any atom is -0.354 e. The maximum absolute atomic E-state index is 12.2. The normalized spacial score (nSPS) is 10.4. The van der Waals surface area contributed by atoms with Crippen LogP contribution in [-0.2, 0) is 13.0 Å². The van der Waals surface area contributed by atoms with Crippen molar-refractivity contribution in [1.29, 1.82) is 0 Å². The molecule has 5 nitrogen and oxygen atoms in total. The maximum atomic E-state index is 12.2. The topological polar surface area (TPSA) is 58.1 Å². The average Bonchev–Trinajstić information content (AvgIpc) is 2.70. The summed E-state index contributed by atoms with van der Waals surface area (Å²) in [5.41, 5.74) is 2.61. The standard InChI is InChI=1S/C21H21ClN4O/c1-26(15-17-5-3-2-4-6-17)20-12-11-19(24-25-20)21(27)23-14-13-16-7-9-18(22)10-8-16/h2-12H,13-15H2,1H3,(H,23,27). The summed E-state index contributed by atoms with van der Waals surface area (Å²) < 4.78 is 0. The smallest absolute Gasteiger partial charge is 0.271 e. The van der Waals surface area contributed by atoms with Crippen LogP contribution in [0.4, 0.5) is 5.82 Å². The van der Waals surface area contributed by atoms with Crippen LogP contribution in [0.2, 0.25) is 5.02 Å². The number of nitrogens with one attached hydrogen (secondary N) is 1. The van der Waals surface area contributed by atoms with E-state index in [0.717, 1.165) is 24.3 Å². The number of anilines is 1. The first-order valence-electron chi connectivity index (χ1n) is 8.73. The highest BCUT2D eigenvalue weighted by atomic mass is 35.5. The predicted molar refractivity (Wildman–Crippen MR) is 108 cm³/mol. The number of amides is 1. The van der Waals surface area contributed by atoms with E-state index in [0.29, 0.717) is 17.3 Å². The van der Waals surface area contributed by atoms with E-state index in [1.807, 2.05) is 60.5 Å². The van der Waals surface area contributed by atoms with Crippen molar-refractivity contribution >= 4 is 23.3 Å². The van der Waals surface area contributed by atoms with Gasteiger partial charge in [-0.05, 0) is 41.8 Å². The molecule has 1 N–H and O–H groups in total. The highest BCUT2D eigenvalue weighted by Crippen LogP contribution is 2.12. The molecule has 1 amide bonds. The van der Waals surface area contributed by atoms with Crippen LogP contribution in [0.1, 0.15) is 21.6 Å². The highest BCUT2D eigenvalue weighted by Gasteiger charge is 2.10. The summed E-state index contributed by atoms with van der Waals surface area (Å²) in [4.78, 5) is 14.2. The van der Waals surface area contributed by atoms with Gasteiger partial charge in [0.1, 0.15) is 0 Å². The molecule has 0 spiro atoms. The Morgan fingerprint density at radius 2 is 1.70 bits per heavy atom. The average molecular weight is 381 g/mol. The number of benzene rings is 2. The number of carbonyl (C=O) groups excluding carboxylic acids is 1. The third kappa shape index (κ3) is 5.53. The fourth-order valence-electron chi connectivity index (χ4n) is 2.65. The van der Waals surface area contributed by atoms with Crippen molar-refractivity contribution in [2.45, 2.75) is 13.0 Å². The number of halogens is 1. The van der Waals surface area contributed by atoms with Crippen LogP contribution >= 0.6 is 11.6 Å². The number of rotatable bonds is 7. The summed E-state index contributed by atoms with van der Waals surface area (Å²) in [6.07, 6.45) is 0.730. The molecule has 0 fully saturated rings. The molecule has 0 atom stereocenters. The van der Waals surface area contributed by atoms with E-state index < -0.39 is 0 Å². The third-order valence-electron chi connectivity index (χ3n) is 4.15. The molecule has 3 aromatic rings. The minimum atomic E-state index is -0.228. The van der Waals surface area contributed by atoms with Crippen molar-refractivity contribution in [2.24, 2.45) is 0 Å². The van der Waals surface area contributed by atoms with Crippen molar-refractivity contribution in [1.82, 2.24) is 15.5 Å². The van der Waals surface area contributed by atoms with Crippen molar-refractivity contribution in [3.63, 3.8) is 0 Å². The van der Waals surface area contributed by atoms with Crippen molar-refractivity contribution in [3.8, 4) is 0 Å². The van der Waals surface area contributed by atoms with E-state index in [1.54, 1.807) is 6.07 Å². The first kappa shape index (κ1) is 18.9. The van der Waals surface area contributed by atoms with Gasteiger partial charge in [-0.2, -0.15) is 0 Å². The van der Waals surface area contributed by atoms with Crippen molar-refractivity contribution < 1.29 is 4.79 Å². The highest BCUT2D eigenvalue weighted by molar-refractivity contribution is 6.30. The molecule has 27 heavy (non-hydrogen) atoms. The van der Waals surface area contributed by atoms with Crippen LogP contribution in [0.5, 0.6) is 0 Å². The lowest BCUT2D eigenvalue weighted by molar-refractivity contribution is 0.0948. The second-order valence-electron chi connectivity index (χ2n) is 6.25. The van der Waals surface area contributed by atoms with Gasteiger partial charge in [0.05, 0.1) is 0 Å². The molecule has 0 unspecified atom stereocenters. The second-order valence-corrected chi connectivity index (χ2v) is 6.69. The molecule has 138 valence electrons. The molecule has 0 saturated carbocycles. The molecule has 6 heteroatoms. The number of aromatic nitrogens is 2. The van der Waals surface area contributed by atoms with Crippen LogP contribution in [0.3, 0.4) is 0 Å². The van der Waals surface area contributed by atoms with Crippen LogP contribution in [0, 0.1) is 0 Å².